The Kier molecular flexibility index (Phi) is 4.61. The molecule has 2 aliphatic heterocycles. The molecule has 23 heavy (non-hydrogen) atoms. The summed E-state index contributed by atoms with van der Waals surface area (Å²) in [4.78, 5) is 14.9. The van der Waals surface area contributed by atoms with Crippen molar-refractivity contribution < 1.29 is 19.0 Å². The molecule has 0 aliphatic carbocycles. The molecule has 2 heterocycles. The van der Waals surface area contributed by atoms with Crippen LogP contribution in [0.15, 0.2) is 12.1 Å². The van der Waals surface area contributed by atoms with Gasteiger partial charge in [0.15, 0.2) is 11.5 Å². The van der Waals surface area contributed by atoms with Crippen molar-refractivity contribution in [3.8, 4) is 17.2 Å². The summed E-state index contributed by atoms with van der Waals surface area (Å²) in [6.45, 7) is 2.62. The van der Waals surface area contributed by atoms with Crippen LogP contribution in [-0.4, -0.2) is 57.8 Å². The molecule has 0 spiro atoms. The maximum absolute atomic E-state index is 13.0. The molecule has 2 unspecified atom stereocenters. The van der Waals surface area contributed by atoms with E-state index < -0.39 is 0 Å². The number of piperidine rings is 1. The molecule has 0 saturated carbocycles. The second-order valence-corrected chi connectivity index (χ2v) is 6.03. The number of likely N-dealkylation sites (tertiary alicyclic amines) is 1. The van der Waals surface area contributed by atoms with E-state index in [0.29, 0.717) is 34.8 Å². The number of nitrogens with one attached hydrogen (secondary N) is 1. The van der Waals surface area contributed by atoms with Gasteiger partial charge in [-0.05, 0) is 37.4 Å². The minimum atomic E-state index is -0.00634. The van der Waals surface area contributed by atoms with Gasteiger partial charge in [0.1, 0.15) is 0 Å². The van der Waals surface area contributed by atoms with Gasteiger partial charge in [-0.15, -0.1) is 0 Å². The monoisotopic (exact) mass is 320 g/mol. The number of hydrogen-bond donors (Lipinski definition) is 1. The second-order valence-electron chi connectivity index (χ2n) is 6.03. The molecule has 2 fully saturated rings. The van der Waals surface area contributed by atoms with Crippen LogP contribution in [0, 0.1) is 5.92 Å². The van der Waals surface area contributed by atoms with Crippen LogP contribution in [0.5, 0.6) is 17.2 Å². The van der Waals surface area contributed by atoms with E-state index >= 15 is 0 Å². The van der Waals surface area contributed by atoms with E-state index in [1.807, 2.05) is 4.90 Å². The van der Waals surface area contributed by atoms with Crippen LogP contribution < -0.4 is 19.5 Å². The van der Waals surface area contributed by atoms with Crippen LogP contribution in [-0.2, 0) is 0 Å². The molecule has 1 amide bonds. The molecule has 6 heteroatoms. The molecule has 0 aromatic heterocycles. The highest BCUT2D eigenvalue weighted by Crippen LogP contribution is 2.40. The zero-order chi connectivity index (χ0) is 16.4. The van der Waals surface area contributed by atoms with Crippen molar-refractivity contribution in [1.29, 1.82) is 0 Å². The van der Waals surface area contributed by atoms with Crippen LogP contribution >= 0.6 is 0 Å². The van der Waals surface area contributed by atoms with Gasteiger partial charge in [0, 0.05) is 19.1 Å². The van der Waals surface area contributed by atoms with Gasteiger partial charge < -0.3 is 24.4 Å². The fourth-order valence-corrected chi connectivity index (χ4v) is 3.67. The lowest BCUT2D eigenvalue weighted by Crippen LogP contribution is -2.46. The van der Waals surface area contributed by atoms with Crippen LogP contribution in [0.2, 0.25) is 0 Å². The lowest BCUT2D eigenvalue weighted by molar-refractivity contribution is 0.0658. The maximum Gasteiger partial charge on any atom is 0.257 e. The van der Waals surface area contributed by atoms with E-state index in [1.54, 1.807) is 33.5 Å². The molecule has 0 bridgehead atoms. The first kappa shape index (κ1) is 15.9. The molecule has 2 atom stereocenters. The predicted octanol–water partition coefficient (Wildman–Crippen LogP) is 1.54. The Morgan fingerprint density at radius 1 is 1.13 bits per heavy atom. The second kappa shape index (κ2) is 6.66. The Morgan fingerprint density at radius 2 is 1.91 bits per heavy atom. The molecule has 126 valence electrons. The van der Waals surface area contributed by atoms with Crippen LogP contribution in [0.4, 0.5) is 0 Å². The van der Waals surface area contributed by atoms with E-state index in [2.05, 4.69) is 5.32 Å². The number of hydrogen-bond acceptors (Lipinski definition) is 5. The Hall–Kier alpha value is -1.95. The third-order valence-corrected chi connectivity index (χ3v) is 4.88. The lowest BCUT2D eigenvalue weighted by Gasteiger charge is -2.35. The van der Waals surface area contributed by atoms with E-state index in [1.165, 1.54) is 0 Å². The first-order valence-electron chi connectivity index (χ1n) is 8.01. The third kappa shape index (κ3) is 2.83. The molecule has 6 nitrogen and oxygen atoms in total. The topological polar surface area (TPSA) is 60.0 Å². The van der Waals surface area contributed by atoms with Crippen molar-refractivity contribution in [3.05, 3.63) is 17.7 Å². The van der Waals surface area contributed by atoms with E-state index in [0.717, 1.165) is 32.5 Å². The van der Waals surface area contributed by atoms with E-state index in [-0.39, 0.29) is 5.91 Å². The molecular formula is C17H24N2O4. The summed E-state index contributed by atoms with van der Waals surface area (Å²) in [5.74, 6) is 1.99. The highest BCUT2D eigenvalue weighted by atomic mass is 16.5. The Labute approximate surface area is 136 Å². The highest BCUT2D eigenvalue weighted by molar-refractivity contribution is 5.98. The van der Waals surface area contributed by atoms with Gasteiger partial charge in [-0.3, -0.25) is 4.79 Å². The summed E-state index contributed by atoms with van der Waals surface area (Å²) >= 11 is 0. The van der Waals surface area contributed by atoms with Gasteiger partial charge in [0.25, 0.3) is 5.91 Å². The number of methoxy groups -OCH3 is 3. The van der Waals surface area contributed by atoms with E-state index in [9.17, 15) is 4.79 Å². The van der Waals surface area contributed by atoms with Gasteiger partial charge >= 0.3 is 0 Å². The summed E-state index contributed by atoms with van der Waals surface area (Å²) < 4.78 is 16.1. The number of fused-ring (bicyclic) bond motifs is 1. The van der Waals surface area contributed by atoms with Gasteiger partial charge in [0.05, 0.1) is 26.9 Å². The van der Waals surface area contributed by atoms with Crippen molar-refractivity contribution in [2.45, 2.75) is 18.9 Å². The summed E-state index contributed by atoms with van der Waals surface area (Å²) in [5.41, 5.74) is 0.523. The zero-order valence-electron chi connectivity index (χ0n) is 13.9. The van der Waals surface area contributed by atoms with Gasteiger partial charge in [-0.1, -0.05) is 0 Å². The Balaban J connectivity index is 1.87. The fraction of sp³-hybridized carbons (Fsp3) is 0.588. The van der Waals surface area contributed by atoms with Gasteiger partial charge in [0.2, 0.25) is 5.75 Å². The van der Waals surface area contributed by atoms with Crippen molar-refractivity contribution in [2.24, 2.45) is 5.92 Å². The predicted molar refractivity (Wildman–Crippen MR) is 86.5 cm³/mol. The van der Waals surface area contributed by atoms with E-state index in [4.69, 9.17) is 14.2 Å². The first-order valence-corrected chi connectivity index (χ1v) is 8.01. The SMILES string of the molecule is COc1ccc(C(=O)N2CCC3NCCC3C2)c(OC)c1OC. The van der Waals surface area contributed by atoms with Crippen molar-refractivity contribution in [3.63, 3.8) is 0 Å². The third-order valence-electron chi connectivity index (χ3n) is 4.88. The molecule has 3 rings (SSSR count). The average Bonchev–Trinajstić information content (AvgIpc) is 3.07. The molecule has 1 aromatic carbocycles. The highest BCUT2D eigenvalue weighted by Gasteiger charge is 2.35. The Morgan fingerprint density at radius 3 is 2.61 bits per heavy atom. The molecule has 2 aliphatic rings. The molecular weight excluding hydrogens is 296 g/mol. The molecule has 2 saturated heterocycles. The zero-order valence-corrected chi connectivity index (χ0v) is 13.9. The standard InChI is InChI=1S/C17H24N2O4/c1-21-14-5-4-12(15(22-2)16(14)23-3)17(20)19-9-7-13-11(10-19)6-8-18-13/h4-5,11,13,18H,6-10H2,1-3H3. The lowest BCUT2D eigenvalue weighted by atomic mass is 9.93. The van der Waals surface area contributed by atoms with Gasteiger partial charge in [-0.2, -0.15) is 0 Å². The first-order chi connectivity index (χ1) is 11.2. The van der Waals surface area contributed by atoms with Crippen molar-refractivity contribution >= 4 is 5.91 Å². The smallest absolute Gasteiger partial charge is 0.257 e. The number of carbonyl (C=O) groups excluding carboxylic acids is 1. The summed E-state index contributed by atoms with van der Waals surface area (Å²) in [6, 6.07) is 4.06. The number of amides is 1. The summed E-state index contributed by atoms with van der Waals surface area (Å²) in [7, 11) is 4.65. The largest absolute Gasteiger partial charge is 0.493 e. The minimum absolute atomic E-state index is 0.00634. The van der Waals surface area contributed by atoms with Crippen LogP contribution in [0.25, 0.3) is 0 Å². The number of rotatable bonds is 4. The quantitative estimate of drug-likeness (QED) is 0.912. The number of benzene rings is 1. The summed E-state index contributed by atoms with van der Waals surface area (Å²) in [5, 5.41) is 3.51. The van der Waals surface area contributed by atoms with Crippen LogP contribution in [0.3, 0.4) is 0 Å². The van der Waals surface area contributed by atoms with Gasteiger partial charge in [-0.25, -0.2) is 0 Å². The van der Waals surface area contributed by atoms with Crippen molar-refractivity contribution in [1.82, 2.24) is 10.2 Å². The maximum atomic E-state index is 13.0. The number of carbonyl (C=O) groups is 1. The normalized spacial score (nSPS) is 23.3. The molecule has 1 aromatic rings. The minimum Gasteiger partial charge on any atom is -0.493 e. The Bertz CT molecular complexity index is 590. The number of ether oxygens (including phenoxy) is 3. The van der Waals surface area contributed by atoms with Crippen molar-refractivity contribution in [2.75, 3.05) is 41.0 Å². The number of nitrogens with zero attached hydrogens (tertiary/aromatic N) is 1. The fourth-order valence-electron chi connectivity index (χ4n) is 3.67. The molecule has 1 N–H and O–H groups in total. The average molecular weight is 320 g/mol. The van der Waals surface area contributed by atoms with Crippen LogP contribution in [0.1, 0.15) is 23.2 Å². The summed E-state index contributed by atoms with van der Waals surface area (Å²) in [6.07, 6.45) is 2.14. The molecule has 0 radical (unpaired) electrons.